The number of rotatable bonds is 5. The predicted molar refractivity (Wildman–Crippen MR) is 120 cm³/mol. The molecule has 3 heterocycles. The number of alkyl halides is 2. The lowest BCUT2D eigenvalue weighted by Crippen LogP contribution is -2.14. The molecule has 0 fully saturated rings. The number of amides is 1. The Morgan fingerprint density at radius 2 is 2.00 bits per heavy atom. The number of carbonyl (C=O) groups excluding carboxylic acids is 1. The third-order valence-corrected chi connectivity index (χ3v) is 5.75. The highest BCUT2D eigenvalue weighted by Gasteiger charge is 2.25. The molecule has 0 spiro atoms. The van der Waals surface area contributed by atoms with Crippen LogP contribution in [0.4, 0.5) is 14.5 Å². The van der Waals surface area contributed by atoms with E-state index >= 15 is 0 Å². The molecule has 0 radical (unpaired) electrons. The maximum Gasteiger partial charge on any atom is 0.272 e. The highest BCUT2D eigenvalue weighted by molar-refractivity contribution is 6.05. The van der Waals surface area contributed by atoms with E-state index in [2.05, 4.69) is 20.4 Å². The van der Waals surface area contributed by atoms with E-state index in [0.717, 1.165) is 36.4 Å². The van der Waals surface area contributed by atoms with Gasteiger partial charge in [-0.3, -0.25) is 9.78 Å². The molecule has 1 amide bonds. The zero-order valence-corrected chi connectivity index (χ0v) is 18.6. The van der Waals surface area contributed by atoms with Crippen molar-refractivity contribution >= 4 is 17.2 Å². The molecule has 3 aromatic rings. The number of allylic oxidation sites excluding steroid dienone is 1. The van der Waals surface area contributed by atoms with Gasteiger partial charge in [0.05, 0.1) is 41.1 Å². The number of nitrogens with one attached hydrogen (secondary N) is 1. The van der Waals surface area contributed by atoms with Crippen LogP contribution in [0, 0.1) is 13.8 Å². The molecule has 0 aliphatic heterocycles. The van der Waals surface area contributed by atoms with Gasteiger partial charge in [0.15, 0.2) is 5.82 Å². The molecule has 0 saturated heterocycles. The van der Waals surface area contributed by atoms with Crippen molar-refractivity contribution in [1.29, 1.82) is 0 Å². The van der Waals surface area contributed by atoms with Crippen molar-refractivity contribution in [3.05, 3.63) is 70.9 Å². The Balaban J connectivity index is 1.50. The standard InChI is InChI=1S/C24H25F2N5O2/c1-14-10-18(12-28-22(14)16-4-7-19(32)8-5-16)30-23(33)20-13-29-31(15(20)2)21-9-6-17(11-27-21)24(3,25)26/h4,6,9-13,19,32H,5,7-8H2,1-3H3,(H,30,33). The van der Waals surface area contributed by atoms with Crippen LogP contribution in [0.3, 0.4) is 0 Å². The number of nitrogens with zero attached hydrogens (tertiary/aromatic N) is 4. The summed E-state index contributed by atoms with van der Waals surface area (Å²) in [5.74, 6) is -3.00. The summed E-state index contributed by atoms with van der Waals surface area (Å²) in [6, 6.07) is 4.60. The molecule has 2 N–H and O–H groups in total. The summed E-state index contributed by atoms with van der Waals surface area (Å²) < 4.78 is 28.3. The van der Waals surface area contributed by atoms with Crippen LogP contribution in [0.5, 0.6) is 0 Å². The minimum absolute atomic E-state index is 0.194. The van der Waals surface area contributed by atoms with Gasteiger partial charge in [-0.05, 0) is 62.4 Å². The van der Waals surface area contributed by atoms with E-state index in [4.69, 9.17) is 0 Å². The summed E-state index contributed by atoms with van der Waals surface area (Å²) in [6.45, 7) is 4.45. The van der Waals surface area contributed by atoms with E-state index in [9.17, 15) is 18.7 Å². The lowest BCUT2D eigenvalue weighted by Gasteiger charge is -2.18. The van der Waals surface area contributed by atoms with E-state index in [1.807, 2.05) is 19.1 Å². The molecule has 33 heavy (non-hydrogen) atoms. The lowest BCUT2D eigenvalue weighted by molar-refractivity contribution is 0.0171. The van der Waals surface area contributed by atoms with Crippen molar-refractivity contribution in [2.45, 2.75) is 52.1 Å². The number of hydrogen-bond acceptors (Lipinski definition) is 5. The molecule has 0 bridgehead atoms. The summed E-state index contributed by atoms with van der Waals surface area (Å²) >= 11 is 0. The van der Waals surface area contributed by atoms with Crippen LogP contribution >= 0.6 is 0 Å². The SMILES string of the molecule is Cc1cc(NC(=O)c2cnn(-c3ccc(C(C)(F)F)cn3)c2C)cnc1C1=CCC(O)CC1. The average molecular weight is 453 g/mol. The van der Waals surface area contributed by atoms with E-state index in [0.29, 0.717) is 35.6 Å². The Morgan fingerprint density at radius 3 is 2.61 bits per heavy atom. The van der Waals surface area contributed by atoms with Gasteiger partial charge in [-0.15, -0.1) is 0 Å². The fraction of sp³-hybridized carbons (Fsp3) is 0.333. The summed E-state index contributed by atoms with van der Waals surface area (Å²) in [7, 11) is 0. The first-order chi connectivity index (χ1) is 15.6. The van der Waals surface area contributed by atoms with Crippen molar-refractivity contribution in [2.24, 2.45) is 0 Å². The molecule has 172 valence electrons. The van der Waals surface area contributed by atoms with Crippen molar-refractivity contribution < 1.29 is 18.7 Å². The fourth-order valence-electron chi connectivity index (χ4n) is 3.85. The van der Waals surface area contributed by atoms with E-state index in [-0.39, 0.29) is 17.6 Å². The van der Waals surface area contributed by atoms with Gasteiger partial charge in [-0.2, -0.15) is 5.10 Å². The third-order valence-electron chi connectivity index (χ3n) is 5.75. The molecule has 1 aliphatic rings. The van der Waals surface area contributed by atoms with Gasteiger partial charge in [0.2, 0.25) is 0 Å². The largest absolute Gasteiger partial charge is 0.393 e. The number of carbonyl (C=O) groups is 1. The molecule has 4 rings (SSSR count). The van der Waals surface area contributed by atoms with Gasteiger partial charge in [0.1, 0.15) is 0 Å². The van der Waals surface area contributed by atoms with Crippen LogP contribution in [0.2, 0.25) is 0 Å². The maximum atomic E-state index is 13.4. The smallest absolute Gasteiger partial charge is 0.272 e. The number of aryl methyl sites for hydroxylation is 1. The zero-order valence-electron chi connectivity index (χ0n) is 18.6. The number of aliphatic hydroxyl groups is 1. The van der Waals surface area contributed by atoms with Crippen LogP contribution in [0.25, 0.3) is 11.4 Å². The second-order valence-corrected chi connectivity index (χ2v) is 8.35. The molecule has 1 unspecified atom stereocenters. The number of halogens is 2. The average Bonchev–Trinajstić information content (AvgIpc) is 3.15. The van der Waals surface area contributed by atoms with E-state index < -0.39 is 5.92 Å². The second-order valence-electron chi connectivity index (χ2n) is 8.35. The van der Waals surface area contributed by atoms with Crippen molar-refractivity contribution in [1.82, 2.24) is 19.7 Å². The first kappa shape index (κ1) is 22.7. The topological polar surface area (TPSA) is 92.9 Å². The molecule has 3 aromatic heterocycles. The molecule has 0 aromatic carbocycles. The van der Waals surface area contributed by atoms with Crippen LogP contribution in [-0.2, 0) is 5.92 Å². The zero-order chi connectivity index (χ0) is 23.8. The Morgan fingerprint density at radius 1 is 1.21 bits per heavy atom. The maximum absolute atomic E-state index is 13.4. The molecule has 7 nitrogen and oxygen atoms in total. The Kier molecular flexibility index (Phi) is 6.07. The van der Waals surface area contributed by atoms with Crippen LogP contribution in [-0.4, -0.2) is 36.9 Å². The van der Waals surface area contributed by atoms with Crippen molar-refractivity contribution in [2.75, 3.05) is 5.32 Å². The normalized spacial score (nSPS) is 16.4. The Hall–Kier alpha value is -3.46. The van der Waals surface area contributed by atoms with Crippen LogP contribution < -0.4 is 5.32 Å². The van der Waals surface area contributed by atoms with E-state index in [1.165, 1.54) is 23.0 Å². The number of anilines is 1. The highest BCUT2D eigenvalue weighted by Crippen LogP contribution is 2.29. The molecule has 1 aliphatic carbocycles. The number of aromatic nitrogens is 4. The van der Waals surface area contributed by atoms with Gasteiger partial charge in [0.25, 0.3) is 11.8 Å². The quantitative estimate of drug-likeness (QED) is 0.590. The number of aliphatic hydroxyl groups excluding tert-OH is 1. The second kappa shape index (κ2) is 8.82. The first-order valence-electron chi connectivity index (χ1n) is 10.7. The predicted octanol–water partition coefficient (Wildman–Crippen LogP) is 4.57. The molecule has 1 atom stereocenters. The number of pyridine rings is 2. The van der Waals surface area contributed by atoms with Gasteiger partial charge in [0, 0.05) is 18.7 Å². The van der Waals surface area contributed by atoms with Gasteiger partial charge in [-0.1, -0.05) is 6.08 Å². The van der Waals surface area contributed by atoms with Crippen molar-refractivity contribution in [3.63, 3.8) is 0 Å². The van der Waals surface area contributed by atoms with Crippen LogP contribution in [0.1, 0.15) is 59.1 Å². The summed E-state index contributed by atoms with van der Waals surface area (Å²) in [6.07, 6.45) is 7.96. The molecular weight excluding hydrogens is 428 g/mol. The number of hydrogen-bond donors (Lipinski definition) is 2. The summed E-state index contributed by atoms with van der Waals surface area (Å²) in [4.78, 5) is 21.4. The lowest BCUT2D eigenvalue weighted by atomic mass is 9.93. The minimum atomic E-state index is -2.98. The Labute approximate surface area is 190 Å². The molecular formula is C24H25F2N5O2. The van der Waals surface area contributed by atoms with Gasteiger partial charge < -0.3 is 10.4 Å². The summed E-state index contributed by atoms with van der Waals surface area (Å²) in [5, 5.41) is 16.7. The highest BCUT2D eigenvalue weighted by atomic mass is 19.3. The summed E-state index contributed by atoms with van der Waals surface area (Å²) in [5.41, 5.74) is 4.14. The van der Waals surface area contributed by atoms with E-state index in [1.54, 1.807) is 13.1 Å². The Bertz CT molecular complexity index is 1210. The monoisotopic (exact) mass is 453 g/mol. The van der Waals surface area contributed by atoms with Crippen LogP contribution in [0.15, 0.2) is 42.9 Å². The van der Waals surface area contributed by atoms with Gasteiger partial charge in [-0.25, -0.2) is 18.4 Å². The first-order valence-corrected chi connectivity index (χ1v) is 10.7. The minimum Gasteiger partial charge on any atom is -0.393 e. The fourth-order valence-corrected chi connectivity index (χ4v) is 3.85. The third kappa shape index (κ3) is 4.83. The molecule has 9 heteroatoms. The van der Waals surface area contributed by atoms with Crippen molar-refractivity contribution in [3.8, 4) is 5.82 Å². The van der Waals surface area contributed by atoms with Gasteiger partial charge >= 0.3 is 0 Å². The molecule has 0 saturated carbocycles.